The van der Waals surface area contributed by atoms with Crippen LogP contribution in [0.1, 0.15) is 77.2 Å². The first kappa shape index (κ1) is 21.1. The van der Waals surface area contributed by atoms with E-state index in [1.54, 1.807) is 12.1 Å². The lowest BCUT2D eigenvalue weighted by Gasteiger charge is -2.58. The maximum atomic E-state index is 13.3. The summed E-state index contributed by atoms with van der Waals surface area (Å²) in [6, 6.07) is 6.57. The number of carbonyl (C=O) groups is 2. The highest BCUT2D eigenvalue weighted by molar-refractivity contribution is 5.91. The van der Waals surface area contributed by atoms with Crippen LogP contribution in [0.5, 0.6) is 0 Å². The molecule has 0 aromatic heterocycles. The summed E-state index contributed by atoms with van der Waals surface area (Å²) in [5.41, 5.74) is 2.79. The van der Waals surface area contributed by atoms with Crippen LogP contribution in [0, 0.1) is 40.3 Å². The molecule has 6 atom stereocenters. The van der Waals surface area contributed by atoms with Gasteiger partial charge in [-0.15, -0.1) is 0 Å². The Morgan fingerprint density at radius 3 is 2.55 bits per heavy atom. The molecular weight excluding hydrogens is 387 g/mol. The fraction of sp³-hybridized carbons (Fsp3) is 0.643. The monoisotopic (exact) mass is 422 g/mol. The summed E-state index contributed by atoms with van der Waals surface area (Å²) in [5, 5.41) is 0. The van der Waals surface area contributed by atoms with E-state index >= 15 is 0 Å². The van der Waals surface area contributed by atoms with Gasteiger partial charge in [0.1, 0.15) is 11.6 Å². The molecule has 1 aromatic rings. The van der Waals surface area contributed by atoms with Gasteiger partial charge in [-0.25, -0.2) is 4.39 Å². The summed E-state index contributed by atoms with van der Waals surface area (Å²) >= 11 is 0. The van der Waals surface area contributed by atoms with E-state index in [1.807, 2.05) is 6.08 Å². The van der Waals surface area contributed by atoms with E-state index in [2.05, 4.69) is 13.8 Å². The minimum Gasteiger partial charge on any atom is -0.299 e. The second-order valence-electron chi connectivity index (χ2n) is 11.2. The van der Waals surface area contributed by atoms with Gasteiger partial charge in [0, 0.05) is 18.8 Å². The molecule has 0 saturated heterocycles. The van der Waals surface area contributed by atoms with E-state index in [1.165, 1.54) is 37.0 Å². The molecule has 1 unspecified atom stereocenters. The number of benzene rings is 1. The Balaban J connectivity index is 1.31. The summed E-state index contributed by atoms with van der Waals surface area (Å²) in [6.45, 7) is 4.82. The topological polar surface area (TPSA) is 34.1 Å². The van der Waals surface area contributed by atoms with Gasteiger partial charge in [-0.2, -0.15) is 0 Å². The number of rotatable bonds is 4. The zero-order chi connectivity index (χ0) is 21.8. The van der Waals surface area contributed by atoms with Crippen LogP contribution >= 0.6 is 0 Å². The normalized spacial score (nSPS) is 39.3. The van der Waals surface area contributed by atoms with Crippen molar-refractivity contribution in [3.63, 3.8) is 0 Å². The van der Waals surface area contributed by atoms with Gasteiger partial charge in [0.25, 0.3) is 0 Å². The molecule has 3 fully saturated rings. The lowest BCUT2D eigenvalue weighted by atomic mass is 9.46. The molecule has 5 rings (SSSR count). The zero-order valence-corrected chi connectivity index (χ0v) is 19.0. The molecular formula is C28H35FO2. The van der Waals surface area contributed by atoms with E-state index in [0.29, 0.717) is 48.6 Å². The number of hydrogen-bond acceptors (Lipinski definition) is 2. The van der Waals surface area contributed by atoms with Crippen LogP contribution in [0.25, 0.3) is 0 Å². The van der Waals surface area contributed by atoms with Crippen molar-refractivity contribution in [2.45, 2.75) is 78.1 Å². The number of allylic oxidation sites excluding steroid dienone is 1. The van der Waals surface area contributed by atoms with Crippen molar-refractivity contribution < 1.29 is 14.0 Å². The molecule has 2 nitrogen and oxygen atoms in total. The van der Waals surface area contributed by atoms with E-state index in [4.69, 9.17) is 0 Å². The van der Waals surface area contributed by atoms with Crippen LogP contribution in [0.3, 0.4) is 0 Å². The number of halogens is 1. The number of hydrogen-bond donors (Lipinski definition) is 0. The van der Waals surface area contributed by atoms with Gasteiger partial charge in [0.2, 0.25) is 0 Å². The Morgan fingerprint density at radius 1 is 1.00 bits per heavy atom. The first-order chi connectivity index (χ1) is 14.8. The van der Waals surface area contributed by atoms with Crippen LogP contribution in [-0.2, 0) is 16.0 Å². The first-order valence-corrected chi connectivity index (χ1v) is 12.3. The lowest BCUT2D eigenvalue weighted by molar-refractivity contribution is -0.130. The third-order valence-corrected chi connectivity index (χ3v) is 9.92. The molecule has 0 heterocycles. The molecule has 3 saturated carbocycles. The maximum Gasteiger partial charge on any atom is 0.155 e. The Labute approximate surface area is 185 Å². The SMILES string of the molecule is C[C@]12CCC(=O)C=C1CC[C@@H]1[C@H]2CC[C@]2(C)C(C(=O)CCc3ccc(F)cc3)CC[C@@H]12. The molecule has 0 spiro atoms. The number of aryl methyl sites for hydroxylation is 1. The maximum absolute atomic E-state index is 13.3. The van der Waals surface area contributed by atoms with Gasteiger partial charge >= 0.3 is 0 Å². The van der Waals surface area contributed by atoms with Gasteiger partial charge in [-0.1, -0.05) is 31.6 Å². The molecule has 0 radical (unpaired) electrons. The minimum atomic E-state index is -0.223. The predicted octanol–water partition coefficient (Wildman–Crippen LogP) is 6.48. The van der Waals surface area contributed by atoms with Gasteiger partial charge < -0.3 is 0 Å². The van der Waals surface area contributed by atoms with Crippen LogP contribution in [-0.4, -0.2) is 11.6 Å². The highest BCUT2D eigenvalue weighted by Gasteiger charge is 2.59. The van der Waals surface area contributed by atoms with Crippen LogP contribution in [0.4, 0.5) is 4.39 Å². The summed E-state index contributed by atoms with van der Waals surface area (Å²) in [7, 11) is 0. The third-order valence-electron chi connectivity index (χ3n) is 9.92. The average Bonchev–Trinajstić information content (AvgIpc) is 3.11. The Morgan fingerprint density at radius 2 is 1.77 bits per heavy atom. The molecule has 4 aliphatic carbocycles. The predicted molar refractivity (Wildman–Crippen MR) is 120 cm³/mol. The third kappa shape index (κ3) is 3.43. The quantitative estimate of drug-likeness (QED) is 0.557. The van der Waals surface area contributed by atoms with Crippen molar-refractivity contribution in [1.82, 2.24) is 0 Å². The van der Waals surface area contributed by atoms with Crippen LogP contribution in [0.2, 0.25) is 0 Å². The van der Waals surface area contributed by atoms with Crippen LogP contribution < -0.4 is 0 Å². The van der Waals surface area contributed by atoms with Crippen molar-refractivity contribution in [3.8, 4) is 0 Å². The van der Waals surface area contributed by atoms with Crippen molar-refractivity contribution in [1.29, 1.82) is 0 Å². The summed E-state index contributed by atoms with van der Waals surface area (Å²) in [6.07, 6.45) is 11.8. The molecule has 0 bridgehead atoms. The Hall–Kier alpha value is -1.77. The smallest absolute Gasteiger partial charge is 0.155 e. The molecule has 0 aliphatic heterocycles. The van der Waals surface area contributed by atoms with E-state index in [-0.39, 0.29) is 22.6 Å². The Bertz CT molecular complexity index is 915. The second kappa shape index (κ2) is 7.67. The average molecular weight is 423 g/mol. The highest BCUT2D eigenvalue weighted by Crippen LogP contribution is 2.66. The fourth-order valence-corrected chi connectivity index (χ4v) is 8.18. The van der Waals surface area contributed by atoms with Crippen molar-refractivity contribution in [3.05, 3.63) is 47.3 Å². The lowest BCUT2D eigenvalue weighted by Crippen LogP contribution is -2.51. The van der Waals surface area contributed by atoms with Gasteiger partial charge in [-0.3, -0.25) is 9.59 Å². The van der Waals surface area contributed by atoms with E-state index < -0.39 is 0 Å². The fourth-order valence-electron chi connectivity index (χ4n) is 8.18. The van der Waals surface area contributed by atoms with E-state index in [0.717, 1.165) is 31.2 Å². The van der Waals surface area contributed by atoms with Gasteiger partial charge in [0.15, 0.2) is 5.78 Å². The largest absolute Gasteiger partial charge is 0.299 e. The Kier molecular flexibility index (Phi) is 5.22. The zero-order valence-electron chi connectivity index (χ0n) is 19.0. The first-order valence-electron chi connectivity index (χ1n) is 12.3. The van der Waals surface area contributed by atoms with Gasteiger partial charge in [0.05, 0.1) is 0 Å². The summed E-state index contributed by atoms with van der Waals surface area (Å²) in [5.74, 6) is 2.70. The number of carbonyl (C=O) groups excluding carboxylic acids is 2. The molecule has 0 N–H and O–H groups in total. The molecule has 166 valence electrons. The van der Waals surface area contributed by atoms with Crippen molar-refractivity contribution in [2.24, 2.45) is 34.5 Å². The van der Waals surface area contributed by atoms with Gasteiger partial charge in [-0.05, 0) is 104 Å². The minimum absolute atomic E-state index is 0.128. The number of Topliss-reactive ketones (excluding diaryl/α,β-unsaturated/α-hetero) is 1. The second-order valence-corrected chi connectivity index (χ2v) is 11.2. The van der Waals surface area contributed by atoms with E-state index in [9.17, 15) is 14.0 Å². The summed E-state index contributed by atoms with van der Waals surface area (Å²) < 4.78 is 13.2. The highest BCUT2D eigenvalue weighted by atomic mass is 19.1. The summed E-state index contributed by atoms with van der Waals surface area (Å²) in [4.78, 5) is 25.3. The van der Waals surface area contributed by atoms with Crippen LogP contribution in [0.15, 0.2) is 35.9 Å². The molecule has 31 heavy (non-hydrogen) atoms. The van der Waals surface area contributed by atoms with Crippen molar-refractivity contribution >= 4 is 11.6 Å². The molecule has 3 heteroatoms. The molecule has 0 amide bonds. The number of ketones is 2. The standard InChI is InChI=1S/C28H35FO2/c1-27-15-13-21(30)17-19(27)6-9-22-23-10-11-25(28(23,2)16-14-24(22)27)26(31)12-5-18-3-7-20(29)8-4-18/h3-4,7-8,17,22-25H,5-6,9-16H2,1-2H3/t22-,23-,24+,25?,27-,28-/m0/s1. The number of fused-ring (bicyclic) bond motifs is 5. The molecule has 1 aromatic carbocycles. The van der Waals surface area contributed by atoms with Crippen molar-refractivity contribution in [2.75, 3.05) is 0 Å². The molecule has 4 aliphatic rings.